The van der Waals surface area contributed by atoms with Crippen molar-refractivity contribution in [2.45, 2.75) is 26.3 Å². The van der Waals surface area contributed by atoms with E-state index in [2.05, 4.69) is 0 Å². The monoisotopic (exact) mass is 274 g/mol. The Bertz CT molecular complexity index is 535. The number of carbonyl (C=O) groups is 2. The molecule has 2 rings (SSSR count). The Hall–Kier alpha value is -2.14. The molecule has 1 aliphatic rings. The van der Waals surface area contributed by atoms with Gasteiger partial charge in [0.2, 0.25) is 11.8 Å². The highest BCUT2D eigenvalue weighted by atomic mass is 16.5. The van der Waals surface area contributed by atoms with Crippen LogP contribution in [0, 0.1) is 6.92 Å². The van der Waals surface area contributed by atoms with Crippen LogP contribution >= 0.6 is 0 Å². The fourth-order valence-corrected chi connectivity index (χ4v) is 2.16. The van der Waals surface area contributed by atoms with E-state index in [-0.39, 0.29) is 12.3 Å². The summed E-state index contributed by atoms with van der Waals surface area (Å²) in [4.78, 5) is 24.9. The predicted molar refractivity (Wildman–Crippen MR) is 73.8 cm³/mol. The summed E-state index contributed by atoms with van der Waals surface area (Å²) in [5.74, 6) is -0.507. The lowest BCUT2D eigenvalue weighted by Crippen LogP contribution is -2.27. The third kappa shape index (κ3) is 3.45. The molecular weight excluding hydrogens is 256 g/mol. The SMILES string of the molecule is Cc1ccc(CN2CC=C(CCC(=O)NO)C2=O)cc1. The molecule has 5 nitrogen and oxygen atoms in total. The van der Waals surface area contributed by atoms with E-state index in [4.69, 9.17) is 5.21 Å². The molecule has 2 amide bonds. The van der Waals surface area contributed by atoms with Gasteiger partial charge in [0.05, 0.1) is 0 Å². The van der Waals surface area contributed by atoms with Crippen molar-refractivity contribution in [2.75, 3.05) is 6.54 Å². The van der Waals surface area contributed by atoms with E-state index >= 15 is 0 Å². The van der Waals surface area contributed by atoms with E-state index in [0.717, 1.165) is 5.56 Å². The van der Waals surface area contributed by atoms with Gasteiger partial charge in [-0.2, -0.15) is 0 Å². The van der Waals surface area contributed by atoms with Gasteiger partial charge in [-0.25, -0.2) is 5.48 Å². The fourth-order valence-electron chi connectivity index (χ4n) is 2.16. The fraction of sp³-hybridized carbons (Fsp3) is 0.333. The molecule has 0 aliphatic carbocycles. The topological polar surface area (TPSA) is 69.6 Å². The minimum absolute atomic E-state index is 0.0312. The summed E-state index contributed by atoms with van der Waals surface area (Å²) in [7, 11) is 0. The average molecular weight is 274 g/mol. The van der Waals surface area contributed by atoms with E-state index < -0.39 is 5.91 Å². The van der Waals surface area contributed by atoms with Gasteiger partial charge in [-0.15, -0.1) is 0 Å². The normalized spacial score (nSPS) is 14.4. The Kier molecular flexibility index (Phi) is 4.53. The Labute approximate surface area is 117 Å². The van der Waals surface area contributed by atoms with Gasteiger partial charge in [0.1, 0.15) is 0 Å². The maximum atomic E-state index is 12.1. The number of nitrogens with zero attached hydrogens (tertiary/aromatic N) is 1. The first-order chi connectivity index (χ1) is 9.60. The summed E-state index contributed by atoms with van der Waals surface area (Å²) in [6, 6.07) is 8.07. The highest BCUT2D eigenvalue weighted by molar-refractivity contribution is 5.96. The summed E-state index contributed by atoms with van der Waals surface area (Å²) in [5.41, 5.74) is 4.49. The molecule has 106 valence electrons. The van der Waals surface area contributed by atoms with Crippen molar-refractivity contribution in [3.8, 4) is 0 Å². The van der Waals surface area contributed by atoms with Gasteiger partial charge in [-0.3, -0.25) is 14.8 Å². The van der Waals surface area contributed by atoms with Gasteiger partial charge in [0, 0.05) is 25.1 Å². The molecule has 0 aromatic heterocycles. The quantitative estimate of drug-likeness (QED) is 0.632. The molecule has 0 spiro atoms. The summed E-state index contributed by atoms with van der Waals surface area (Å²) >= 11 is 0. The largest absolute Gasteiger partial charge is 0.331 e. The summed E-state index contributed by atoms with van der Waals surface area (Å²) in [5, 5.41) is 8.43. The lowest BCUT2D eigenvalue weighted by Gasteiger charge is -2.16. The molecule has 0 fully saturated rings. The number of rotatable bonds is 5. The highest BCUT2D eigenvalue weighted by Crippen LogP contribution is 2.19. The van der Waals surface area contributed by atoms with E-state index in [0.29, 0.717) is 25.1 Å². The van der Waals surface area contributed by atoms with E-state index in [9.17, 15) is 9.59 Å². The average Bonchev–Trinajstić information content (AvgIpc) is 2.80. The Morgan fingerprint density at radius 2 is 2.05 bits per heavy atom. The van der Waals surface area contributed by atoms with E-state index in [1.807, 2.05) is 37.3 Å². The second kappa shape index (κ2) is 6.34. The molecule has 1 aromatic carbocycles. The van der Waals surface area contributed by atoms with E-state index in [1.165, 1.54) is 5.56 Å². The molecule has 0 bridgehead atoms. The Morgan fingerprint density at radius 3 is 2.70 bits per heavy atom. The molecule has 1 aromatic rings. The highest BCUT2D eigenvalue weighted by Gasteiger charge is 2.23. The van der Waals surface area contributed by atoms with Crippen molar-refractivity contribution < 1.29 is 14.8 Å². The third-order valence-electron chi connectivity index (χ3n) is 3.36. The molecule has 0 saturated heterocycles. The number of amides is 2. The zero-order chi connectivity index (χ0) is 14.5. The lowest BCUT2D eigenvalue weighted by atomic mass is 10.1. The number of aryl methyl sites for hydroxylation is 1. The zero-order valence-corrected chi connectivity index (χ0v) is 11.4. The molecule has 20 heavy (non-hydrogen) atoms. The summed E-state index contributed by atoms with van der Waals surface area (Å²) in [6.45, 7) is 3.17. The van der Waals surface area contributed by atoms with Crippen molar-refractivity contribution >= 4 is 11.8 Å². The molecule has 0 unspecified atom stereocenters. The van der Waals surface area contributed by atoms with Crippen LogP contribution in [0.2, 0.25) is 0 Å². The summed E-state index contributed by atoms with van der Waals surface area (Å²) in [6.07, 6.45) is 2.32. The van der Waals surface area contributed by atoms with Crippen molar-refractivity contribution in [3.05, 3.63) is 47.0 Å². The van der Waals surface area contributed by atoms with Gasteiger partial charge in [-0.05, 0) is 18.9 Å². The predicted octanol–water partition coefficient (Wildman–Crippen LogP) is 1.55. The van der Waals surface area contributed by atoms with Crippen LogP contribution in [0.4, 0.5) is 0 Å². The summed E-state index contributed by atoms with van der Waals surface area (Å²) < 4.78 is 0. The molecule has 1 aliphatic heterocycles. The number of hydrogen-bond acceptors (Lipinski definition) is 3. The minimum Gasteiger partial charge on any atom is -0.331 e. The van der Waals surface area contributed by atoms with Crippen molar-refractivity contribution in [1.82, 2.24) is 10.4 Å². The lowest BCUT2D eigenvalue weighted by molar-refractivity contribution is -0.129. The molecule has 0 radical (unpaired) electrons. The van der Waals surface area contributed by atoms with Crippen molar-refractivity contribution in [3.63, 3.8) is 0 Å². The van der Waals surface area contributed by atoms with Gasteiger partial charge in [-0.1, -0.05) is 35.9 Å². The van der Waals surface area contributed by atoms with Crippen molar-refractivity contribution in [1.29, 1.82) is 0 Å². The second-order valence-electron chi connectivity index (χ2n) is 4.94. The van der Waals surface area contributed by atoms with Gasteiger partial charge >= 0.3 is 0 Å². The first-order valence-electron chi connectivity index (χ1n) is 6.57. The van der Waals surface area contributed by atoms with Crippen LogP contribution in [0.5, 0.6) is 0 Å². The van der Waals surface area contributed by atoms with Crippen LogP contribution in [0.15, 0.2) is 35.9 Å². The molecule has 0 atom stereocenters. The number of nitrogens with one attached hydrogen (secondary N) is 1. The van der Waals surface area contributed by atoms with Crippen LogP contribution in [0.3, 0.4) is 0 Å². The number of hydroxylamine groups is 1. The molecule has 2 N–H and O–H groups in total. The van der Waals surface area contributed by atoms with Crippen LogP contribution in [-0.2, 0) is 16.1 Å². The van der Waals surface area contributed by atoms with Gasteiger partial charge in [0.15, 0.2) is 0 Å². The maximum absolute atomic E-state index is 12.1. The molecule has 0 saturated carbocycles. The Balaban J connectivity index is 1.89. The maximum Gasteiger partial charge on any atom is 0.250 e. The first-order valence-corrected chi connectivity index (χ1v) is 6.57. The zero-order valence-electron chi connectivity index (χ0n) is 11.4. The minimum atomic E-state index is -0.476. The second-order valence-corrected chi connectivity index (χ2v) is 4.94. The smallest absolute Gasteiger partial charge is 0.250 e. The molecule has 1 heterocycles. The van der Waals surface area contributed by atoms with Crippen LogP contribution in [-0.4, -0.2) is 28.5 Å². The van der Waals surface area contributed by atoms with Crippen LogP contribution in [0.1, 0.15) is 24.0 Å². The first kappa shape index (κ1) is 14.3. The van der Waals surface area contributed by atoms with Crippen LogP contribution < -0.4 is 5.48 Å². The molecular formula is C15H18N2O3. The standard InChI is InChI=1S/C15H18N2O3/c1-11-2-4-12(5-3-11)10-17-9-8-13(15(17)19)6-7-14(18)16-20/h2-5,8,20H,6-7,9-10H2,1H3,(H,16,18). The van der Waals surface area contributed by atoms with E-state index in [1.54, 1.807) is 10.4 Å². The Morgan fingerprint density at radius 1 is 1.35 bits per heavy atom. The van der Waals surface area contributed by atoms with Crippen molar-refractivity contribution in [2.24, 2.45) is 0 Å². The number of carbonyl (C=O) groups excluding carboxylic acids is 2. The van der Waals surface area contributed by atoms with Gasteiger partial charge < -0.3 is 4.90 Å². The van der Waals surface area contributed by atoms with Crippen LogP contribution in [0.25, 0.3) is 0 Å². The number of benzene rings is 1. The number of hydrogen-bond donors (Lipinski definition) is 2. The third-order valence-corrected chi connectivity index (χ3v) is 3.36. The molecule has 5 heteroatoms. The van der Waals surface area contributed by atoms with Gasteiger partial charge in [0.25, 0.3) is 0 Å².